The van der Waals surface area contributed by atoms with Crippen LogP contribution in [-0.4, -0.2) is 24.7 Å². The summed E-state index contributed by atoms with van der Waals surface area (Å²) in [4.78, 5) is 12.5. The zero-order valence-corrected chi connectivity index (χ0v) is 14.1. The first-order valence-corrected chi connectivity index (χ1v) is 8.14. The summed E-state index contributed by atoms with van der Waals surface area (Å²) in [7, 11) is 1.62. The molecule has 0 unspecified atom stereocenters. The molecule has 0 heterocycles. The van der Waals surface area contributed by atoms with Gasteiger partial charge in [-0.05, 0) is 69.7 Å². The monoisotopic (exact) mass is 305 g/mol. The summed E-state index contributed by atoms with van der Waals surface area (Å²) in [6, 6.07) is 5.76. The van der Waals surface area contributed by atoms with Crippen molar-refractivity contribution in [3.8, 4) is 5.75 Å². The molecule has 0 aromatic heterocycles. The predicted octanol–water partition coefficient (Wildman–Crippen LogP) is 4.07. The number of hydrogen-bond acceptors (Lipinski definition) is 3. The number of rotatable bonds is 6. The van der Waals surface area contributed by atoms with Crippen molar-refractivity contribution in [3.63, 3.8) is 0 Å². The minimum Gasteiger partial charge on any atom is -0.490 e. The van der Waals surface area contributed by atoms with Gasteiger partial charge in [0.15, 0.2) is 0 Å². The van der Waals surface area contributed by atoms with Gasteiger partial charge in [0.05, 0.1) is 6.10 Å². The Morgan fingerprint density at radius 1 is 1.36 bits per heavy atom. The maximum Gasteiger partial charge on any atom is 0.256 e. The number of anilines is 1. The molecule has 2 rings (SSSR count). The van der Waals surface area contributed by atoms with E-state index in [0.29, 0.717) is 0 Å². The molecular weight excluding hydrogens is 278 g/mol. The van der Waals surface area contributed by atoms with Gasteiger partial charge in [-0.1, -0.05) is 6.92 Å². The second kappa shape index (κ2) is 7.14. The minimum absolute atomic E-state index is 0.0394. The van der Waals surface area contributed by atoms with Crippen LogP contribution in [0.15, 0.2) is 18.2 Å². The van der Waals surface area contributed by atoms with E-state index in [1.165, 1.54) is 0 Å². The lowest BCUT2D eigenvalue weighted by molar-refractivity contribution is -0.136. The summed E-state index contributed by atoms with van der Waals surface area (Å²) < 4.78 is 11.4. The van der Waals surface area contributed by atoms with Crippen molar-refractivity contribution >= 4 is 11.6 Å². The van der Waals surface area contributed by atoms with Gasteiger partial charge in [-0.3, -0.25) is 4.79 Å². The van der Waals surface area contributed by atoms with Gasteiger partial charge in [0.1, 0.15) is 11.4 Å². The Bertz CT molecular complexity index is 521. The summed E-state index contributed by atoms with van der Waals surface area (Å²) in [6.07, 6.45) is 4.83. The largest absolute Gasteiger partial charge is 0.490 e. The highest BCUT2D eigenvalue weighted by Gasteiger charge is 2.41. The highest BCUT2D eigenvalue weighted by molar-refractivity contribution is 5.97. The molecule has 1 fully saturated rings. The van der Waals surface area contributed by atoms with E-state index in [9.17, 15) is 4.79 Å². The lowest BCUT2D eigenvalue weighted by atomic mass is 10.0. The molecule has 0 saturated heterocycles. The Morgan fingerprint density at radius 2 is 2.05 bits per heavy atom. The molecule has 0 spiro atoms. The third-order valence-corrected chi connectivity index (χ3v) is 4.55. The SMILES string of the molecule is CC[C@H](C)Oc1ccc(NC(=O)C2(OC)CCCC2)cc1C. The molecule has 1 aliphatic carbocycles. The number of amides is 1. The molecule has 1 N–H and O–H groups in total. The molecule has 1 aromatic rings. The summed E-state index contributed by atoms with van der Waals surface area (Å²) in [5.41, 5.74) is 1.16. The van der Waals surface area contributed by atoms with Gasteiger partial charge in [0.25, 0.3) is 5.91 Å². The summed E-state index contributed by atoms with van der Waals surface area (Å²) in [5.74, 6) is 0.831. The maximum atomic E-state index is 12.5. The molecule has 0 aliphatic heterocycles. The van der Waals surface area contributed by atoms with Crippen LogP contribution in [0.4, 0.5) is 5.69 Å². The Morgan fingerprint density at radius 3 is 2.59 bits per heavy atom. The normalized spacial score (nSPS) is 18.0. The zero-order chi connectivity index (χ0) is 16.2. The van der Waals surface area contributed by atoms with E-state index in [1.54, 1.807) is 7.11 Å². The number of benzene rings is 1. The average molecular weight is 305 g/mol. The topological polar surface area (TPSA) is 47.6 Å². The molecule has 22 heavy (non-hydrogen) atoms. The molecule has 1 aromatic carbocycles. The lowest BCUT2D eigenvalue weighted by Crippen LogP contribution is -2.42. The number of hydrogen-bond donors (Lipinski definition) is 1. The van der Waals surface area contributed by atoms with Gasteiger partial charge in [0, 0.05) is 12.8 Å². The molecule has 4 heteroatoms. The molecule has 4 nitrogen and oxygen atoms in total. The van der Waals surface area contributed by atoms with E-state index in [4.69, 9.17) is 9.47 Å². The first kappa shape index (κ1) is 16.8. The quantitative estimate of drug-likeness (QED) is 0.862. The Labute approximate surface area is 133 Å². The number of aryl methyl sites for hydroxylation is 1. The van der Waals surface area contributed by atoms with Crippen LogP contribution in [-0.2, 0) is 9.53 Å². The van der Waals surface area contributed by atoms with Crippen molar-refractivity contribution in [2.75, 3.05) is 12.4 Å². The van der Waals surface area contributed by atoms with Gasteiger partial charge in [0.2, 0.25) is 0 Å². The standard InChI is InChI=1S/C18H27NO3/c1-5-14(3)22-16-9-8-15(12-13(16)2)19-17(20)18(21-4)10-6-7-11-18/h8-9,12,14H,5-7,10-11H2,1-4H3,(H,19,20)/t14-/m0/s1. The second-order valence-electron chi connectivity index (χ2n) is 6.18. The number of carbonyl (C=O) groups excluding carboxylic acids is 1. The van der Waals surface area contributed by atoms with Crippen LogP contribution < -0.4 is 10.1 Å². The highest BCUT2D eigenvalue weighted by atomic mass is 16.5. The van der Waals surface area contributed by atoms with Crippen molar-refractivity contribution < 1.29 is 14.3 Å². The molecule has 1 atom stereocenters. The van der Waals surface area contributed by atoms with Crippen LogP contribution in [0, 0.1) is 6.92 Å². The van der Waals surface area contributed by atoms with Crippen molar-refractivity contribution in [2.24, 2.45) is 0 Å². The second-order valence-corrected chi connectivity index (χ2v) is 6.18. The van der Waals surface area contributed by atoms with Crippen LogP contribution in [0.5, 0.6) is 5.75 Å². The number of nitrogens with one attached hydrogen (secondary N) is 1. The van der Waals surface area contributed by atoms with E-state index in [-0.39, 0.29) is 12.0 Å². The third kappa shape index (κ3) is 3.61. The molecule has 1 saturated carbocycles. The minimum atomic E-state index is -0.653. The molecular formula is C18H27NO3. The van der Waals surface area contributed by atoms with E-state index >= 15 is 0 Å². The molecule has 0 radical (unpaired) electrons. The Hall–Kier alpha value is -1.55. The van der Waals surface area contributed by atoms with Gasteiger partial charge in [-0.25, -0.2) is 0 Å². The smallest absolute Gasteiger partial charge is 0.256 e. The number of methoxy groups -OCH3 is 1. The van der Waals surface area contributed by atoms with Crippen LogP contribution >= 0.6 is 0 Å². The van der Waals surface area contributed by atoms with Crippen LogP contribution in [0.25, 0.3) is 0 Å². The fourth-order valence-electron chi connectivity index (χ4n) is 2.87. The van der Waals surface area contributed by atoms with E-state index in [0.717, 1.165) is 49.1 Å². The highest BCUT2D eigenvalue weighted by Crippen LogP contribution is 2.34. The Balaban J connectivity index is 2.07. The molecule has 1 aliphatic rings. The van der Waals surface area contributed by atoms with Crippen molar-refractivity contribution in [1.82, 2.24) is 0 Å². The summed E-state index contributed by atoms with van der Waals surface area (Å²) >= 11 is 0. The molecule has 122 valence electrons. The first-order chi connectivity index (χ1) is 10.5. The average Bonchev–Trinajstić information content (AvgIpc) is 3.00. The van der Waals surface area contributed by atoms with Gasteiger partial charge in [-0.15, -0.1) is 0 Å². The van der Waals surface area contributed by atoms with Gasteiger partial charge in [-0.2, -0.15) is 0 Å². The molecule has 1 amide bonds. The van der Waals surface area contributed by atoms with E-state index in [2.05, 4.69) is 19.2 Å². The lowest BCUT2D eigenvalue weighted by Gasteiger charge is -2.26. The van der Waals surface area contributed by atoms with Crippen LogP contribution in [0.3, 0.4) is 0 Å². The number of ether oxygens (including phenoxy) is 2. The predicted molar refractivity (Wildman–Crippen MR) is 88.4 cm³/mol. The van der Waals surface area contributed by atoms with Crippen molar-refractivity contribution in [1.29, 1.82) is 0 Å². The molecule has 0 bridgehead atoms. The van der Waals surface area contributed by atoms with E-state index < -0.39 is 5.60 Å². The fraction of sp³-hybridized carbons (Fsp3) is 0.611. The summed E-state index contributed by atoms with van der Waals surface area (Å²) in [5, 5.41) is 2.99. The summed E-state index contributed by atoms with van der Waals surface area (Å²) in [6.45, 7) is 6.15. The van der Waals surface area contributed by atoms with Crippen LogP contribution in [0.2, 0.25) is 0 Å². The number of carbonyl (C=O) groups is 1. The maximum absolute atomic E-state index is 12.5. The Kier molecular flexibility index (Phi) is 5.46. The van der Waals surface area contributed by atoms with Gasteiger partial charge < -0.3 is 14.8 Å². The van der Waals surface area contributed by atoms with Gasteiger partial charge >= 0.3 is 0 Å². The fourth-order valence-corrected chi connectivity index (χ4v) is 2.87. The third-order valence-electron chi connectivity index (χ3n) is 4.55. The van der Waals surface area contributed by atoms with Crippen molar-refractivity contribution in [3.05, 3.63) is 23.8 Å². The van der Waals surface area contributed by atoms with Crippen LogP contribution in [0.1, 0.15) is 51.5 Å². The first-order valence-electron chi connectivity index (χ1n) is 8.14. The zero-order valence-electron chi connectivity index (χ0n) is 14.1. The van der Waals surface area contributed by atoms with Crippen molar-refractivity contribution in [2.45, 2.75) is 64.6 Å². The van der Waals surface area contributed by atoms with E-state index in [1.807, 2.05) is 25.1 Å².